The predicted octanol–water partition coefficient (Wildman–Crippen LogP) is 2.00. The van der Waals surface area contributed by atoms with Crippen molar-refractivity contribution in [2.24, 2.45) is 13.0 Å². The highest BCUT2D eigenvalue weighted by molar-refractivity contribution is 5.86. The van der Waals surface area contributed by atoms with Crippen LogP contribution in [0, 0.1) is 5.92 Å². The summed E-state index contributed by atoms with van der Waals surface area (Å²) in [6.07, 6.45) is 5.97. The summed E-state index contributed by atoms with van der Waals surface area (Å²) >= 11 is 0. The van der Waals surface area contributed by atoms with Gasteiger partial charge in [0.1, 0.15) is 12.1 Å². The Morgan fingerprint density at radius 1 is 1.29 bits per heavy atom. The molecule has 0 N–H and O–H groups in total. The molecule has 0 aromatic carbocycles. The molecule has 0 radical (unpaired) electrons. The predicted molar refractivity (Wildman–Crippen MR) is 82.3 cm³/mol. The Kier molecular flexibility index (Phi) is 4.05. The van der Waals surface area contributed by atoms with Crippen LogP contribution in [0.5, 0.6) is 0 Å². The van der Waals surface area contributed by atoms with E-state index in [0.717, 1.165) is 49.4 Å². The van der Waals surface area contributed by atoms with Crippen LogP contribution < -0.4 is 4.90 Å². The lowest BCUT2D eigenvalue weighted by Gasteiger charge is -2.33. The largest absolute Gasteiger partial charge is 0.378 e. The van der Waals surface area contributed by atoms with Crippen LogP contribution in [0.25, 0.3) is 11.0 Å². The number of nitrogens with zero attached hydrogens (tertiary/aromatic N) is 5. The van der Waals surface area contributed by atoms with Crippen molar-refractivity contribution in [1.29, 1.82) is 0 Å². The molecule has 0 spiro atoms. The SMILES string of the molecule is CC(C)COC1CCN(c2ncnc3c2cnn3C)CC1. The third-order valence-corrected chi connectivity index (χ3v) is 3.92. The lowest BCUT2D eigenvalue weighted by Crippen LogP contribution is -2.38. The van der Waals surface area contributed by atoms with E-state index in [1.54, 1.807) is 11.0 Å². The number of rotatable bonds is 4. The van der Waals surface area contributed by atoms with Gasteiger partial charge in [-0.05, 0) is 18.8 Å². The molecule has 114 valence electrons. The average molecular weight is 289 g/mol. The highest BCUT2D eigenvalue weighted by Crippen LogP contribution is 2.25. The fourth-order valence-corrected chi connectivity index (χ4v) is 2.76. The van der Waals surface area contributed by atoms with E-state index in [1.165, 1.54) is 0 Å². The highest BCUT2D eigenvalue weighted by atomic mass is 16.5. The topological polar surface area (TPSA) is 56.1 Å². The van der Waals surface area contributed by atoms with Crippen molar-refractivity contribution in [3.8, 4) is 0 Å². The van der Waals surface area contributed by atoms with Crippen molar-refractivity contribution in [2.75, 3.05) is 24.6 Å². The summed E-state index contributed by atoms with van der Waals surface area (Å²) in [5.41, 5.74) is 0.887. The van der Waals surface area contributed by atoms with Gasteiger partial charge in [-0.3, -0.25) is 4.68 Å². The molecule has 2 aromatic heterocycles. The van der Waals surface area contributed by atoms with E-state index in [4.69, 9.17) is 4.74 Å². The fraction of sp³-hybridized carbons (Fsp3) is 0.667. The maximum Gasteiger partial charge on any atom is 0.163 e. The second-order valence-corrected chi connectivity index (χ2v) is 6.12. The van der Waals surface area contributed by atoms with Crippen LogP contribution >= 0.6 is 0 Å². The van der Waals surface area contributed by atoms with E-state index in [2.05, 4.69) is 33.8 Å². The van der Waals surface area contributed by atoms with Crippen molar-refractivity contribution >= 4 is 16.9 Å². The van der Waals surface area contributed by atoms with Gasteiger partial charge in [-0.1, -0.05) is 13.8 Å². The first-order valence-corrected chi connectivity index (χ1v) is 7.64. The molecular formula is C15H23N5O. The van der Waals surface area contributed by atoms with Gasteiger partial charge in [0, 0.05) is 26.7 Å². The Morgan fingerprint density at radius 3 is 2.76 bits per heavy atom. The number of ether oxygens (including phenoxy) is 1. The molecule has 6 nitrogen and oxygen atoms in total. The van der Waals surface area contributed by atoms with Crippen LogP contribution in [0.4, 0.5) is 5.82 Å². The molecule has 0 saturated carbocycles. The summed E-state index contributed by atoms with van der Waals surface area (Å²) in [6.45, 7) is 7.18. The Labute approximate surface area is 125 Å². The molecule has 0 atom stereocenters. The number of hydrogen-bond acceptors (Lipinski definition) is 5. The lowest BCUT2D eigenvalue weighted by atomic mass is 10.1. The lowest BCUT2D eigenvalue weighted by molar-refractivity contribution is 0.0214. The van der Waals surface area contributed by atoms with E-state index in [-0.39, 0.29) is 0 Å². The Bertz CT molecular complexity index is 601. The van der Waals surface area contributed by atoms with Crippen LogP contribution in [-0.2, 0) is 11.8 Å². The van der Waals surface area contributed by atoms with Crippen LogP contribution in [0.3, 0.4) is 0 Å². The monoisotopic (exact) mass is 289 g/mol. The molecule has 21 heavy (non-hydrogen) atoms. The van der Waals surface area contributed by atoms with E-state index in [1.807, 2.05) is 13.2 Å². The normalized spacial score (nSPS) is 17.0. The smallest absolute Gasteiger partial charge is 0.163 e. The molecule has 0 unspecified atom stereocenters. The van der Waals surface area contributed by atoms with Gasteiger partial charge in [0.25, 0.3) is 0 Å². The number of fused-ring (bicyclic) bond motifs is 1. The minimum Gasteiger partial charge on any atom is -0.378 e. The molecule has 6 heteroatoms. The van der Waals surface area contributed by atoms with Crippen LogP contribution in [0.15, 0.2) is 12.5 Å². The molecule has 0 aliphatic carbocycles. The first-order chi connectivity index (χ1) is 10.1. The summed E-state index contributed by atoms with van der Waals surface area (Å²) in [6, 6.07) is 0. The van der Waals surface area contributed by atoms with Gasteiger partial charge >= 0.3 is 0 Å². The zero-order valence-electron chi connectivity index (χ0n) is 13.0. The number of piperidine rings is 1. The minimum atomic E-state index is 0.384. The summed E-state index contributed by atoms with van der Waals surface area (Å²) in [5, 5.41) is 5.31. The number of aromatic nitrogens is 4. The highest BCUT2D eigenvalue weighted by Gasteiger charge is 2.23. The second-order valence-electron chi connectivity index (χ2n) is 6.12. The van der Waals surface area contributed by atoms with Crippen molar-refractivity contribution in [2.45, 2.75) is 32.8 Å². The molecule has 1 aliphatic heterocycles. The Hall–Kier alpha value is -1.69. The molecule has 1 saturated heterocycles. The first kappa shape index (κ1) is 14.3. The molecule has 0 amide bonds. The minimum absolute atomic E-state index is 0.384. The third-order valence-electron chi connectivity index (χ3n) is 3.92. The maximum atomic E-state index is 5.94. The standard InChI is InChI=1S/C15H23N5O/c1-11(2)9-21-12-4-6-20(7-5-12)15-13-8-18-19(3)14(13)16-10-17-15/h8,10-12H,4-7,9H2,1-3H3. The van der Waals surface area contributed by atoms with Gasteiger partial charge in [-0.2, -0.15) is 5.10 Å². The number of aryl methyl sites for hydroxylation is 1. The van der Waals surface area contributed by atoms with E-state index in [9.17, 15) is 0 Å². The molecular weight excluding hydrogens is 266 g/mol. The number of hydrogen-bond donors (Lipinski definition) is 0. The second kappa shape index (κ2) is 5.97. The van der Waals surface area contributed by atoms with Crippen molar-refractivity contribution in [3.63, 3.8) is 0 Å². The van der Waals surface area contributed by atoms with Crippen molar-refractivity contribution in [1.82, 2.24) is 19.7 Å². The van der Waals surface area contributed by atoms with Gasteiger partial charge in [0.2, 0.25) is 0 Å². The van der Waals surface area contributed by atoms with Gasteiger partial charge in [-0.25, -0.2) is 9.97 Å². The third kappa shape index (κ3) is 3.00. The van der Waals surface area contributed by atoms with E-state index >= 15 is 0 Å². The summed E-state index contributed by atoms with van der Waals surface area (Å²) in [5.74, 6) is 1.59. The van der Waals surface area contributed by atoms with Gasteiger partial charge in [0.05, 0.1) is 17.7 Å². The Balaban J connectivity index is 1.68. The zero-order valence-corrected chi connectivity index (χ0v) is 13.0. The molecule has 3 rings (SSSR count). The van der Waals surface area contributed by atoms with Crippen LogP contribution in [0.2, 0.25) is 0 Å². The van der Waals surface area contributed by atoms with Crippen LogP contribution in [0.1, 0.15) is 26.7 Å². The van der Waals surface area contributed by atoms with Gasteiger partial charge in [-0.15, -0.1) is 0 Å². The summed E-state index contributed by atoms with van der Waals surface area (Å²) in [4.78, 5) is 11.1. The summed E-state index contributed by atoms with van der Waals surface area (Å²) in [7, 11) is 1.91. The quantitative estimate of drug-likeness (QED) is 0.861. The molecule has 1 fully saturated rings. The Morgan fingerprint density at radius 2 is 2.05 bits per heavy atom. The molecule has 0 bridgehead atoms. The first-order valence-electron chi connectivity index (χ1n) is 7.64. The molecule has 3 heterocycles. The zero-order chi connectivity index (χ0) is 14.8. The van der Waals surface area contributed by atoms with Crippen molar-refractivity contribution in [3.05, 3.63) is 12.5 Å². The molecule has 1 aliphatic rings. The van der Waals surface area contributed by atoms with Crippen LogP contribution in [-0.4, -0.2) is 45.5 Å². The van der Waals surface area contributed by atoms with Crippen molar-refractivity contribution < 1.29 is 4.74 Å². The fourth-order valence-electron chi connectivity index (χ4n) is 2.76. The number of anilines is 1. The van der Waals surface area contributed by atoms with Gasteiger partial charge < -0.3 is 9.64 Å². The summed E-state index contributed by atoms with van der Waals surface area (Å²) < 4.78 is 7.73. The van der Waals surface area contributed by atoms with Gasteiger partial charge in [0.15, 0.2) is 5.65 Å². The van der Waals surface area contributed by atoms with E-state index in [0.29, 0.717) is 12.0 Å². The average Bonchev–Trinajstić information content (AvgIpc) is 2.87. The van der Waals surface area contributed by atoms with E-state index < -0.39 is 0 Å². The maximum absolute atomic E-state index is 5.94. The molecule has 2 aromatic rings.